The molecule has 0 unspecified atom stereocenters. The Morgan fingerprint density at radius 2 is 1.40 bits per heavy atom. The first kappa shape index (κ1) is 20.4. The van der Waals surface area contributed by atoms with Crippen LogP contribution in [-0.4, -0.2) is 40.1 Å². The summed E-state index contributed by atoms with van der Waals surface area (Å²) in [4.78, 5) is 11.7. The number of nitrogens with zero attached hydrogens (tertiary/aromatic N) is 1. The molecule has 120 valence electrons. The van der Waals surface area contributed by atoms with Crippen molar-refractivity contribution in [1.29, 1.82) is 0 Å². The summed E-state index contributed by atoms with van der Waals surface area (Å²) in [6.45, 7) is 20.6. The zero-order valence-corrected chi connectivity index (χ0v) is 18.6. The Kier molecular flexibility index (Phi) is 7.78. The van der Waals surface area contributed by atoms with Crippen molar-refractivity contribution in [2.24, 2.45) is 0 Å². The van der Waals surface area contributed by atoms with Crippen LogP contribution in [0.5, 0.6) is 0 Å². The molecule has 0 spiro atoms. The molecule has 0 aliphatic heterocycles. The topological polar surface area (TPSA) is 29.5 Å². The van der Waals surface area contributed by atoms with Crippen molar-refractivity contribution in [1.82, 2.24) is 3.64 Å². The summed E-state index contributed by atoms with van der Waals surface area (Å²) in [5.74, 6) is 1.01. The van der Waals surface area contributed by atoms with Crippen LogP contribution in [-0.2, 0) is 9.22 Å². The molecule has 0 aromatic heterocycles. The van der Waals surface area contributed by atoms with Gasteiger partial charge in [-0.15, -0.1) is 0 Å². The third-order valence-electron chi connectivity index (χ3n) is 2.38. The highest BCUT2D eigenvalue weighted by atomic mass is 32.2. The van der Waals surface area contributed by atoms with E-state index in [0.29, 0.717) is 6.42 Å². The first-order chi connectivity index (χ1) is 8.73. The molecule has 0 rings (SSSR count). The van der Waals surface area contributed by atoms with Crippen molar-refractivity contribution in [3.63, 3.8) is 0 Å². The van der Waals surface area contributed by atoms with Crippen LogP contribution in [0.15, 0.2) is 0 Å². The fraction of sp³-hybridized carbons (Fsp3) is 0.923. The van der Waals surface area contributed by atoms with E-state index in [2.05, 4.69) is 62.6 Å². The van der Waals surface area contributed by atoms with E-state index in [0.717, 1.165) is 12.2 Å². The fourth-order valence-electron chi connectivity index (χ4n) is 2.16. The van der Waals surface area contributed by atoms with Gasteiger partial charge in [0, 0.05) is 12.2 Å². The maximum atomic E-state index is 11.7. The minimum atomic E-state index is -1.72. The highest BCUT2D eigenvalue weighted by Gasteiger charge is 2.34. The van der Waals surface area contributed by atoms with Gasteiger partial charge >= 0.3 is 0 Å². The van der Waals surface area contributed by atoms with Gasteiger partial charge in [-0.2, -0.15) is 0 Å². The first-order valence-corrected chi connectivity index (χ1v) is 18.6. The van der Waals surface area contributed by atoms with Gasteiger partial charge in [0.25, 0.3) is 5.97 Å². The summed E-state index contributed by atoms with van der Waals surface area (Å²) in [7, 11) is -4.29. The molecular formula is C13H33NO2SSi3. The molecule has 0 aliphatic rings. The summed E-state index contributed by atoms with van der Waals surface area (Å²) < 4.78 is 8.17. The van der Waals surface area contributed by atoms with E-state index in [1.165, 1.54) is 0 Å². The summed E-state index contributed by atoms with van der Waals surface area (Å²) in [6.07, 6.45) is 1.47. The molecule has 0 aliphatic carbocycles. The smallest absolute Gasteiger partial charge is 0.292 e. The van der Waals surface area contributed by atoms with Crippen LogP contribution < -0.4 is 0 Å². The minimum absolute atomic E-state index is 0.0164. The van der Waals surface area contributed by atoms with Gasteiger partial charge in [-0.1, -0.05) is 51.2 Å². The third-order valence-corrected chi connectivity index (χ3v) is 14.5. The predicted molar refractivity (Wildman–Crippen MR) is 99.7 cm³/mol. The van der Waals surface area contributed by atoms with Gasteiger partial charge in [-0.3, -0.25) is 8.43 Å². The molecule has 0 amide bonds. The monoisotopic (exact) mass is 351 g/mol. The molecule has 0 aromatic rings. The van der Waals surface area contributed by atoms with E-state index >= 15 is 0 Å². The molecule has 0 aromatic carbocycles. The van der Waals surface area contributed by atoms with Gasteiger partial charge in [0.15, 0.2) is 0 Å². The molecule has 0 bridgehead atoms. The Bertz CT molecular complexity index is 305. The molecule has 0 saturated heterocycles. The van der Waals surface area contributed by atoms with Gasteiger partial charge in [-0.25, -0.2) is 0 Å². The Morgan fingerprint density at radius 3 is 1.75 bits per heavy atom. The molecule has 0 radical (unpaired) electrons. The van der Waals surface area contributed by atoms with Crippen LogP contribution in [0.25, 0.3) is 0 Å². The van der Waals surface area contributed by atoms with E-state index in [1.807, 2.05) is 11.9 Å². The van der Waals surface area contributed by atoms with E-state index in [1.54, 1.807) is 0 Å². The highest BCUT2D eigenvalue weighted by Crippen LogP contribution is 2.29. The van der Waals surface area contributed by atoms with E-state index < -0.39 is 24.8 Å². The van der Waals surface area contributed by atoms with Crippen LogP contribution in [0, 0.1) is 0 Å². The van der Waals surface area contributed by atoms with E-state index in [4.69, 9.17) is 4.43 Å². The van der Waals surface area contributed by atoms with Crippen molar-refractivity contribution in [2.75, 3.05) is 5.75 Å². The fourth-order valence-corrected chi connectivity index (χ4v) is 15.1. The number of hydrogen-bond donors (Lipinski definition) is 0. The first-order valence-electron chi connectivity index (χ1n) is 7.38. The normalized spacial score (nSPS) is 13.7. The number of carbonyl (C=O) groups excluding carboxylic acids is 1. The average Bonchev–Trinajstić information content (AvgIpc) is 2.09. The molecule has 0 N–H and O–H groups in total. The zero-order chi connectivity index (χ0) is 16.2. The highest BCUT2D eigenvalue weighted by molar-refractivity contribution is 7.99. The number of carbonyl (C=O) groups is 1. The largest absolute Gasteiger partial charge is 0.520 e. The van der Waals surface area contributed by atoms with Crippen molar-refractivity contribution in [3.8, 4) is 0 Å². The van der Waals surface area contributed by atoms with Crippen LogP contribution in [0.3, 0.4) is 0 Å². The predicted octanol–water partition coefficient (Wildman–Crippen LogP) is 4.76. The summed E-state index contributed by atoms with van der Waals surface area (Å²) in [5, 5.41) is 0. The number of rotatable bonds is 8. The molecular weight excluding hydrogens is 318 g/mol. The van der Waals surface area contributed by atoms with Crippen LogP contribution in [0.4, 0.5) is 0 Å². The minimum Gasteiger partial charge on any atom is -0.520 e. The van der Waals surface area contributed by atoms with Gasteiger partial charge in [0.1, 0.15) is 16.5 Å². The summed E-state index contributed by atoms with van der Waals surface area (Å²) in [5.41, 5.74) is 0. The summed E-state index contributed by atoms with van der Waals surface area (Å²) in [6, 6.07) is 0. The van der Waals surface area contributed by atoms with Gasteiger partial charge < -0.3 is 4.43 Å². The SMILES string of the molecule is C[Si](C)(C)OC(=O)CCCSN([Si](C)(C)C)[Si](C)(C)C. The number of hydrogen-bond acceptors (Lipinski definition) is 4. The van der Waals surface area contributed by atoms with Crippen LogP contribution in [0.1, 0.15) is 12.8 Å². The molecule has 0 saturated carbocycles. The maximum absolute atomic E-state index is 11.7. The van der Waals surface area contributed by atoms with Crippen molar-refractivity contribution in [3.05, 3.63) is 0 Å². The Hall–Kier alpha value is 0.431. The molecule has 0 fully saturated rings. The second-order valence-corrected chi connectivity index (χ2v) is 24.3. The lowest BCUT2D eigenvalue weighted by Crippen LogP contribution is -2.55. The zero-order valence-electron chi connectivity index (χ0n) is 14.8. The lowest BCUT2D eigenvalue weighted by Gasteiger charge is -2.42. The van der Waals surface area contributed by atoms with Gasteiger partial charge in [-0.05, 0) is 26.1 Å². The quantitative estimate of drug-likeness (QED) is 0.358. The van der Waals surface area contributed by atoms with Gasteiger partial charge in [0.2, 0.25) is 8.32 Å². The Balaban J connectivity index is 4.19. The second-order valence-electron chi connectivity index (χ2n) is 8.16. The van der Waals surface area contributed by atoms with Crippen molar-refractivity contribution < 1.29 is 9.22 Å². The Morgan fingerprint density at radius 1 is 0.950 bits per heavy atom. The van der Waals surface area contributed by atoms with Crippen LogP contribution in [0.2, 0.25) is 58.9 Å². The molecule has 7 heteroatoms. The van der Waals surface area contributed by atoms with Crippen molar-refractivity contribution >= 4 is 42.7 Å². The van der Waals surface area contributed by atoms with Gasteiger partial charge in [0.05, 0.1) is 0 Å². The molecule has 3 nitrogen and oxygen atoms in total. The standard InChI is InChI=1S/C13H33NO2SSi3/c1-18(2,3)14(19(4,5)6)17-12-10-11-13(15)16-20(7,8)9/h10-12H2,1-9H3. The average molecular weight is 352 g/mol. The second kappa shape index (κ2) is 7.62. The van der Waals surface area contributed by atoms with Crippen LogP contribution >= 0.6 is 11.9 Å². The molecule has 0 atom stereocenters. The lowest BCUT2D eigenvalue weighted by atomic mass is 10.3. The van der Waals surface area contributed by atoms with Crippen molar-refractivity contribution in [2.45, 2.75) is 71.8 Å². The van der Waals surface area contributed by atoms with E-state index in [9.17, 15) is 4.79 Å². The Labute approximate surface area is 133 Å². The summed E-state index contributed by atoms with van der Waals surface area (Å²) >= 11 is 1.96. The molecule has 20 heavy (non-hydrogen) atoms. The lowest BCUT2D eigenvalue weighted by molar-refractivity contribution is -0.135. The third kappa shape index (κ3) is 9.38. The maximum Gasteiger partial charge on any atom is 0.292 e. The van der Waals surface area contributed by atoms with E-state index in [-0.39, 0.29) is 5.97 Å². The molecule has 0 heterocycles.